The van der Waals surface area contributed by atoms with Gasteiger partial charge in [0.25, 0.3) is 0 Å². The molecule has 2 fully saturated rings. The molecule has 1 saturated heterocycles. The molecule has 0 radical (unpaired) electrons. The lowest BCUT2D eigenvalue weighted by Gasteiger charge is -2.72. The standard InChI is InChI=1S/C23H30FN3O/c1-21(2)20(22(3,4)23(21,28)17-8-10-18(24)11-9-17)27-15-13-26(14-16-27)19-7-5-6-12-25-19/h5-12,20,28H,13-16H2,1-4H3. The molecule has 0 amide bonds. The molecule has 4 rings (SSSR count). The van der Waals surface area contributed by atoms with Crippen LogP contribution >= 0.6 is 0 Å². The van der Waals surface area contributed by atoms with Crippen molar-refractivity contribution >= 4 is 5.82 Å². The molecule has 150 valence electrons. The highest BCUT2D eigenvalue weighted by molar-refractivity contribution is 5.40. The number of halogens is 1. The van der Waals surface area contributed by atoms with Gasteiger partial charge in [-0.05, 0) is 29.8 Å². The summed E-state index contributed by atoms with van der Waals surface area (Å²) in [5.41, 5.74) is -0.897. The average Bonchev–Trinajstić information content (AvgIpc) is 2.68. The Morgan fingerprint density at radius 1 is 0.929 bits per heavy atom. The molecule has 1 aromatic carbocycles. The second-order valence-electron chi connectivity index (χ2n) is 9.27. The van der Waals surface area contributed by atoms with Gasteiger partial charge in [-0.25, -0.2) is 9.37 Å². The topological polar surface area (TPSA) is 39.6 Å². The van der Waals surface area contributed by atoms with Crippen LogP contribution in [0.15, 0.2) is 48.7 Å². The van der Waals surface area contributed by atoms with Crippen LogP contribution in [-0.4, -0.2) is 47.2 Å². The Labute approximate surface area is 167 Å². The number of hydrogen-bond acceptors (Lipinski definition) is 4. The Kier molecular flexibility index (Phi) is 4.51. The van der Waals surface area contributed by atoms with Crippen molar-refractivity contribution in [1.82, 2.24) is 9.88 Å². The molecule has 2 heterocycles. The quantitative estimate of drug-likeness (QED) is 0.878. The number of rotatable bonds is 3. The van der Waals surface area contributed by atoms with E-state index in [4.69, 9.17) is 0 Å². The van der Waals surface area contributed by atoms with E-state index in [9.17, 15) is 9.50 Å². The van der Waals surface area contributed by atoms with Crippen LogP contribution in [0.5, 0.6) is 0 Å². The van der Waals surface area contributed by atoms with E-state index in [-0.39, 0.29) is 22.7 Å². The molecule has 2 aliphatic rings. The van der Waals surface area contributed by atoms with Crippen LogP contribution in [-0.2, 0) is 5.60 Å². The maximum absolute atomic E-state index is 13.4. The Balaban J connectivity index is 1.54. The molecule has 2 aromatic rings. The van der Waals surface area contributed by atoms with E-state index in [1.807, 2.05) is 18.3 Å². The van der Waals surface area contributed by atoms with Gasteiger partial charge in [0.15, 0.2) is 0 Å². The molecule has 28 heavy (non-hydrogen) atoms. The summed E-state index contributed by atoms with van der Waals surface area (Å²) in [4.78, 5) is 9.30. The fourth-order valence-electron chi connectivity index (χ4n) is 6.15. The second-order valence-corrected chi connectivity index (χ2v) is 9.27. The minimum Gasteiger partial charge on any atom is -0.384 e. The third-order valence-electron chi connectivity index (χ3n) is 7.15. The maximum Gasteiger partial charge on any atom is 0.128 e. The highest BCUT2D eigenvalue weighted by atomic mass is 19.1. The highest BCUT2D eigenvalue weighted by Crippen LogP contribution is 2.68. The molecule has 1 aliphatic heterocycles. The first-order valence-electron chi connectivity index (χ1n) is 10.1. The molecule has 1 saturated carbocycles. The first-order chi connectivity index (χ1) is 13.2. The summed E-state index contributed by atoms with van der Waals surface area (Å²) in [7, 11) is 0. The molecular weight excluding hydrogens is 353 g/mol. The average molecular weight is 384 g/mol. The number of nitrogens with zero attached hydrogens (tertiary/aromatic N) is 3. The predicted octanol–water partition coefficient (Wildman–Crippen LogP) is 3.67. The van der Waals surface area contributed by atoms with E-state index in [0.717, 1.165) is 37.6 Å². The van der Waals surface area contributed by atoms with Gasteiger partial charge in [0, 0.05) is 49.2 Å². The van der Waals surface area contributed by atoms with Crippen LogP contribution in [0.3, 0.4) is 0 Å². The normalized spacial score (nSPS) is 29.4. The third kappa shape index (κ3) is 2.60. The lowest BCUT2D eigenvalue weighted by atomic mass is 9.39. The predicted molar refractivity (Wildman–Crippen MR) is 110 cm³/mol. The van der Waals surface area contributed by atoms with Crippen LogP contribution in [0, 0.1) is 16.6 Å². The Morgan fingerprint density at radius 2 is 1.54 bits per heavy atom. The van der Waals surface area contributed by atoms with Gasteiger partial charge in [0.2, 0.25) is 0 Å². The van der Waals surface area contributed by atoms with Crippen molar-refractivity contribution in [3.05, 3.63) is 60.0 Å². The van der Waals surface area contributed by atoms with Crippen LogP contribution in [0.2, 0.25) is 0 Å². The van der Waals surface area contributed by atoms with Gasteiger partial charge in [-0.2, -0.15) is 0 Å². The van der Waals surface area contributed by atoms with E-state index in [1.54, 1.807) is 12.1 Å². The second kappa shape index (κ2) is 6.53. The van der Waals surface area contributed by atoms with Crippen molar-refractivity contribution in [3.63, 3.8) is 0 Å². The first-order valence-corrected chi connectivity index (χ1v) is 10.1. The van der Waals surface area contributed by atoms with Crippen LogP contribution in [0.25, 0.3) is 0 Å². The SMILES string of the molecule is CC1(C)C(N2CCN(c3ccccn3)CC2)C(C)(C)C1(O)c1ccc(F)cc1. The van der Waals surface area contributed by atoms with Gasteiger partial charge in [-0.3, -0.25) is 4.90 Å². The molecule has 0 spiro atoms. The Hall–Kier alpha value is -1.98. The fourth-order valence-corrected chi connectivity index (χ4v) is 6.15. The van der Waals surface area contributed by atoms with E-state index in [2.05, 4.69) is 48.5 Å². The van der Waals surface area contributed by atoms with E-state index < -0.39 is 5.60 Å². The Bertz CT molecular complexity index is 811. The lowest BCUT2D eigenvalue weighted by molar-refractivity contribution is -0.307. The zero-order chi connectivity index (χ0) is 20.2. The maximum atomic E-state index is 13.4. The summed E-state index contributed by atoms with van der Waals surface area (Å²) in [5, 5.41) is 11.8. The van der Waals surface area contributed by atoms with E-state index >= 15 is 0 Å². The van der Waals surface area contributed by atoms with Crippen LogP contribution in [0.4, 0.5) is 10.2 Å². The summed E-state index contributed by atoms with van der Waals surface area (Å²) in [5.74, 6) is 0.751. The first kappa shape index (κ1) is 19.3. The minimum atomic E-state index is -1.00. The molecule has 1 N–H and O–H groups in total. The highest BCUT2D eigenvalue weighted by Gasteiger charge is 2.73. The van der Waals surface area contributed by atoms with Gasteiger partial charge >= 0.3 is 0 Å². The Morgan fingerprint density at radius 3 is 2.07 bits per heavy atom. The zero-order valence-electron chi connectivity index (χ0n) is 17.2. The number of benzene rings is 1. The van der Waals surface area contributed by atoms with Crippen LogP contribution in [0.1, 0.15) is 33.3 Å². The van der Waals surface area contributed by atoms with Crippen molar-refractivity contribution in [2.75, 3.05) is 31.1 Å². The van der Waals surface area contributed by atoms with Crippen molar-refractivity contribution in [3.8, 4) is 0 Å². The van der Waals surface area contributed by atoms with Gasteiger partial charge < -0.3 is 10.0 Å². The summed E-state index contributed by atoms with van der Waals surface area (Å²) in [6.45, 7) is 12.3. The smallest absolute Gasteiger partial charge is 0.128 e. The molecule has 5 heteroatoms. The fraction of sp³-hybridized carbons (Fsp3) is 0.522. The van der Waals surface area contributed by atoms with Gasteiger partial charge in [-0.15, -0.1) is 0 Å². The van der Waals surface area contributed by atoms with Crippen molar-refractivity contribution in [2.24, 2.45) is 10.8 Å². The molecule has 0 unspecified atom stereocenters. The van der Waals surface area contributed by atoms with Gasteiger partial charge in [-0.1, -0.05) is 45.9 Å². The summed E-state index contributed by atoms with van der Waals surface area (Å²) in [6, 6.07) is 12.6. The summed E-state index contributed by atoms with van der Waals surface area (Å²) < 4.78 is 13.4. The largest absolute Gasteiger partial charge is 0.384 e. The molecular formula is C23H30FN3O. The van der Waals surface area contributed by atoms with Crippen molar-refractivity contribution < 1.29 is 9.50 Å². The lowest BCUT2D eigenvalue weighted by Crippen LogP contribution is -2.79. The van der Waals surface area contributed by atoms with E-state index in [1.165, 1.54) is 12.1 Å². The number of hydrogen-bond donors (Lipinski definition) is 1. The third-order valence-corrected chi connectivity index (χ3v) is 7.15. The molecule has 1 aliphatic carbocycles. The number of aromatic nitrogens is 1. The summed E-state index contributed by atoms with van der Waals surface area (Å²) in [6.07, 6.45) is 1.84. The molecule has 4 nitrogen and oxygen atoms in total. The monoisotopic (exact) mass is 383 g/mol. The van der Waals surface area contributed by atoms with Gasteiger partial charge in [0.1, 0.15) is 17.2 Å². The number of piperazine rings is 1. The van der Waals surface area contributed by atoms with Crippen LogP contribution < -0.4 is 4.90 Å². The molecule has 0 bridgehead atoms. The van der Waals surface area contributed by atoms with Gasteiger partial charge in [0.05, 0.1) is 0 Å². The zero-order valence-corrected chi connectivity index (χ0v) is 17.2. The van der Waals surface area contributed by atoms with Crippen molar-refractivity contribution in [2.45, 2.75) is 39.3 Å². The minimum absolute atomic E-state index is 0.237. The van der Waals surface area contributed by atoms with E-state index in [0.29, 0.717) is 0 Å². The number of aliphatic hydroxyl groups is 1. The van der Waals surface area contributed by atoms with Crippen molar-refractivity contribution in [1.29, 1.82) is 0 Å². The molecule has 1 aromatic heterocycles. The molecule has 0 atom stereocenters. The number of anilines is 1. The number of pyridine rings is 1. The summed E-state index contributed by atoms with van der Waals surface area (Å²) >= 11 is 0.